The molecule has 0 saturated heterocycles. The Balaban J connectivity index is 2.75. The molecule has 1 aromatic carbocycles. The number of primary amides is 1. The van der Waals surface area contributed by atoms with E-state index in [2.05, 4.69) is 0 Å². The van der Waals surface area contributed by atoms with Crippen LogP contribution in [0.4, 0.5) is 0 Å². The Hall–Kier alpha value is -2.10. The zero-order valence-corrected chi connectivity index (χ0v) is 8.97. The number of hydrogen-bond acceptors (Lipinski definition) is 3. The van der Waals surface area contributed by atoms with Gasteiger partial charge in [0.15, 0.2) is 0 Å². The van der Waals surface area contributed by atoms with Crippen molar-refractivity contribution in [3.05, 3.63) is 41.5 Å². The van der Waals surface area contributed by atoms with Gasteiger partial charge >= 0.3 is 5.97 Å². The Labute approximate surface area is 93.7 Å². The van der Waals surface area contributed by atoms with Crippen LogP contribution in [-0.2, 0) is 9.53 Å². The van der Waals surface area contributed by atoms with Crippen molar-refractivity contribution in [3.8, 4) is 0 Å². The van der Waals surface area contributed by atoms with Gasteiger partial charge in [0.25, 0.3) is 0 Å². The summed E-state index contributed by atoms with van der Waals surface area (Å²) in [6.45, 7) is 2.10. The van der Waals surface area contributed by atoms with Gasteiger partial charge in [-0.05, 0) is 30.7 Å². The number of esters is 1. The van der Waals surface area contributed by atoms with E-state index in [-0.39, 0.29) is 5.97 Å². The molecule has 0 saturated carbocycles. The third-order valence-corrected chi connectivity index (χ3v) is 1.86. The van der Waals surface area contributed by atoms with Crippen LogP contribution in [0.1, 0.15) is 22.8 Å². The Morgan fingerprint density at radius 2 is 1.94 bits per heavy atom. The predicted molar refractivity (Wildman–Crippen MR) is 60.6 cm³/mol. The number of carbonyl (C=O) groups is 2. The Kier molecular flexibility index (Phi) is 4.27. The molecule has 0 atom stereocenters. The van der Waals surface area contributed by atoms with Crippen molar-refractivity contribution in [2.75, 3.05) is 6.61 Å². The SMILES string of the molecule is CCOC(=O)c1ccc(C=CC(N)=O)cc1. The lowest BCUT2D eigenvalue weighted by Gasteiger charge is -2.01. The van der Waals surface area contributed by atoms with Crippen LogP contribution in [0.25, 0.3) is 6.08 Å². The fourth-order valence-corrected chi connectivity index (χ4v) is 1.12. The van der Waals surface area contributed by atoms with E-state index >= 15 is 0 Å². The molecule has 1 amide bonds. The molecule has 1 aromatic rings. The van der Waals surface area contributed by atoms with E-state index in [0.29, 0.717) is 12.2 Å². The summed E-state index contributed by atoms with van der Waals surface area (Å²) in [7, 11) is 0. The van der Waals surface area contributed by atoms with Crippen molar-refractivity contribution in [2.45, 2.75) is 6.92 Å². The summed E-state index contributed by atoms with van der Waals surface area (Å²) >= 11 is 0. The lowest BCUT2D eigenvalue weighted by molar-refractivity contribution is -0.113. The number of amides is 1. The maximum absolute atomic E-state index is 11.3. The highest BCUT2D eigenvalue weighted by Gasteiger charge is 2.04. The van der Waals surface area contributed by atoms with Gasteiger partial charge in [0.1, 0.15) is 0 Å². The largest absolute Gasteiger partial charge is 0.462 e. The lowest BCUT2D eigenvalue weighted by atomic mass is 10.1. The summed E-state index contributed by atoms with van der Waals surface area (Å²) in [5.41, 5.74) is 6.24. The fraction of sp³-hybridized carbons (Fsp3) is 0.167. The molecule has 4 nitrogen and oxygen atoms in total. The van der Waals surface area contributed by atoms with Gasteiger partial charge in [-0.1, -0.05) is 12.1 Å². The molecular formula is C12H13NO3. The van der Waals surface area contributed by atoms with Crippen LogP contribution in [-0.4, -0.2) is 18.5 Å². The van der Waals surface area contributed by atoms with E-state index in [1.165, 1.54) is 6.08 Å². The van der Waals surface area contributed by atoms with Crippen LogP contribution in [0, 0.1) is 0 Å². The second-order valence-electron chi connectivity index (χ2n) is 3.08. The minimum atomic E-state index is -0.505. The van der Waals surface area contributed by atoms with E-state index in [1.807, 2.05) is 0 Å². The first-order valence-corrected chi connectivity index (χ1v) is 4.88. The van der Waals surface area contributed by atoms with E-state index in [9.17, 15) is 9.59 Å². The number of ether oxygens (including phenoxy) is 1. The molecule has 1 rings (SSSR count). The van der Waals surface area contributed by atoms with Crippen molar-refractivity contribution in [3.63, 3.8) is 0 Å². The second-order valence-corrected chi connectivity index (χ2v) is 3.08. The first-order valence-electron chi connectivity index (χ1n) is 4.88. The van der Waals surface area contributed by atoms with E-state index in [0.717, 1.165) is 5.56 Å². The topological polar surface area (TPSA) is 69.4 Å². The molecule has 0 radical (unpaired) electrons. The molecule has 0 aliphatic heterocycles. The molecule has 0 unspecified atom stereocenters. The molecule has 0 aliphatic rings. The zero-order valence-electron chi connectivity index (χ0n) is 8.97. The number of rotatable bonds is 4. The quantitative estimate of drug-likeness (QED) is 0.614. The summed E-state index contributed by atoms with van der Waals surface area (Å²) < 4.78 is 4.83. The van der Waals surface area contributed by atoms with Crippen molar-refractivity contribution < 1.29 is 14.3 Å². The zero-order chi connectivity index (χ0) is 12.0. The molecule has 0 aromatic heterocycles. The van der Waals surface area contributed by atoms with Gasteiger partial charge in [-0.3, -0.25) is 4.79 Å². The Morgan fingerprint density at radius 1 is 1.31 bits per heavy atom. The molecule has 0 aliphatic carbocycles. The summed E-state index contributed by atoms with van der Waals surface area (Å²) in [6, 6.07) is 6.70. The maximum atomic E-state index is 11.3. The van der Waals surface area contributed by atoms with Gasteiger partial charge in [0, 0.05) is 6.08 Å². The molecule has 0 spiro atoms. The number of nitrogens with two attached hydrogens (primary N) is 1. The molecule has 84 valence electrons. The van der Waals surface area contributed by atoms with Crippen molar-refractivity contribution in [2.24, 2.45) is 5.73 Å². The minimum absolute atomic E-state index is 0.349. The van der Waals surface area contributed by atoms with E-state index < -0.39 is 5.91 Å². The van der Waals surface area contributed by atoms with Crippen LogP contribution in [0.2, 0.25) is 0 Å². The number of benzene rings is 1. The molecule has 0 heterocycles. The van der Waals surface area contributed by atoms with Crippen LogP contribution >= 0.6 is 0 Å². The van der Waals surface area contributed by atoms with Crippen LogP contribution in [0.5, 0.6) is 0 Å². The maximum Gasteiger partial charge on any atom is 0.338 e. The van der Waals surface area contributed by atoms with Crippen LogP contribution in [0.3, 0.4) is 0 Å². The second kappa shape index (κ2) is 5.70. The lowest BCUT2D eigenvalue weighted by Crippen LogP contribution is -2.05. The first kappa shape index (κ1) is 12.0. The standard InChI is InChI=1S/C12H13NO3/c1-2-16-12(15)10-6-3-9(4-7-10)5-8-11(13)14/h3-8H,2H2,1H3,(H2,13,14). The average Bonchev–Trinajstić information content (AvgIpc) is 2.27. The third-order valence-electron chi connectivity index (χ3n) is 1.86. The highest BCUT2D eigenvalue weighted by molar-refractivity contribution is 5.91. The Morgan fingerprint density at radius 3 is 2.44 bits per heavy atom. The normalized spacial score (nSPS) is 10.3. The smallest absolute Gasteiger partial charge is 0.338 e. The van der Waals surface area contributed by atoms with Crippen LogP contribution < -0.4 is 5.73 Å². The fourth-order valence-electron chi connectivity index (χ4n) is 1.12. The van der Waals surface area contributed by atoms with Crippen molar-refractivity contribution in [1.29, 1.82) is 0 Å². The molecule has 0 fully saturated rings. The summed E-state index contributed by atoms with van der Waals surface area (Å²) in [5.74, 6) is -0.859. The monoisotopic (exact) mass is 219 g/mol. The van der Waals surface area contributed by atoms with Gasteiger partial charge in [-0.15, -0.1) is 0 Å². The summed E-state index contributed by atoms with van der Waals surface area (Å²) in [6.07, 6.45) is 2.84. The van der Waals surface area contributed by atoms with Gasteiger partial charge in [0.05, 0.1) is 12.2 Å². The van der Waals surface area contributed by atoms with E-state index in [1.54, 1.807) is 37.3 Å². The third kappa shape index (κ3) is 3.57. The highest BCUT2D eigenvalue weighted by Crippen LogP contribution is 2.07. The van der Waals surface area contributed by atoms with Crippen molar-refractivity contribution in [1.82, 2.24) is 0 Å². The number of hydrogen-bond donors (Lipinski definition) is 1. The number of carbonyl (C=O) groups excluding carboxylic acids is 2. The first-order chi connectivity index (χ1) is 7.63. The van der Waals surface area contributed by atoms with Crippen LogP contribution in [0.15, 0.2) is 30.3 Å². The van der Waals surface area contributed by atoms with Gasteiger partial charge in [0.2, 0.25) is 5.91 Å². The van der Waals surface area contributed by atoms with Gasteiger partial charge < -0.3 is 10.5 Å². The minimum Gasteiger partial charge on any atom is -0.462 e. The molecule has 2 N–H and O–H groups in total. The molecular weight excluding hydrogens is 206 g/mol. The average molecular weight is 219 g/mol. The summed E-state index contributed by atoms with van der Waals surface area (Å²) in [4.78, 5) is 21.8. The molecule has 16 heavy (non-hydrogen) atoms. The van der Waals surface area contributed by atoms with Gasteiger partial charge in [-0.25, -0.2) is 4.79 Å². The predicted octanol–water partition coefficient (Wildman–Crippen LogP) is 1.36. The molecule has 4 heteroatoms. The molecule has 0 bridgehead atoms. The van der Waals surface area contributed by atoms with Gasteiger partial charge in [-0.2, -0.15) is 0 Å². The summed E-state index contributed by atoms with van der Waals surface area (Å²) in [5, 5.41) is 0. The highest BCUT2D eigenvalue weighted by atomic mass is 16.5. The Bertz CT molecular complexity index is 407. The van der Waals surface area contributed by atoms with Crippen molar-refractivity contribution >= 4 is 18.0 Å². The van der Waals surface area contributed by atoms with E-state index in [4.69, 9.17) is 10.5 Å².